The van der Waals surface area contributed by atoms with E-state index in [1.54, 1.807) is 37.3 Å². The fourth-order valence-corrected chi connectivity index (χ4v) is 3.40. The molecular weight excluding hydrogens is 388 g/mol. The molecule has 8 nitrogen and oxygen atoms in total. The molecular formula is C22H28N2O6. The number of carbonyl (C=O) groups excluding carboxylic acids is 2. The number of hydrogen-bond acceptors (Lipinski definition) is 6. The minimum Gasteiger partial charge on any atom is -0.493 e. The average Bonchev–Trinajstić information content (AvgIpc) is 3.48. The molecule has 1 aromatic heterocycles. The molecule has 0 bridgehead atoms. The normalized spacial score (nSPS) is 16.7. The van der Waals surface area contributed by atoms with Crippen LogP contribution in [0, 0.1) is 0 Å². The maximum Gasteiger partial charge on any atom is 0.255 e. The molecule has 1 N–H and O–H groups in total. The summed E-state index contributed by atoms with van der Waals surface area (Å²) in [6.07, 6.45) is 3.49. The van der Waals surface area contributed by atoms with E-state index in [9.17, 15) is 9.59 Å². The monoisotopic (exact) mass is 416 g/mol. The first-order valence-corrected chi connectivity index (χ1v) is 9.98. The molecule has 1 fully saturated rings. The summed E-state index contributed by atoms with van der Waals surface area (Å²) in [4.78, 5) is 27.6. The highest BCUT2D eigenvalue weighted by Gasteiger charge is 2.29. The van der Waals surface area contributed by atoms with Gasteiger partial charge in [0, 0.05) is 18.7 Å². The van der Waals surface area contributed by atoms with Crippen LogP contribution in [0.3, 0.4) is 0 Å². The van der Waals surface area contributed by atoms with Crippen molar-refractivity contribution in [3.8, 4) is 11.5 Å². The van der Waals surface area contributed by atoms with Gasteiger partial charge in [0.05, 0.1) is 33.1 Å². The van der Waals surface area contributed by atoms with E-state index in [1.165, 1.54) is 25.4 Å². The van der Waals surface area contributed by atoms with Crippen LogP contribution in [-0.2, 0) is 16.1 Å². The number of amides is 2. The summed E-state index contributed by atoms with van der Waals surface area (Å²) in [7, 11) is 3.04. The van der Waals surface area contributed by atoms with E-state index in [-0.39, 0.29) is 24.5 Å². The van der Waals surface area contributed by atoms with E-state index in [0.29, 0.717) is 29.4 Å². The lowest BCUT2D eigenvalue weighted by atomic mass is 10.1. The fraction of sp³-hybridized carbons (Fsp3) is 0.455. The number of ether oxygens (including phenoxy) is 3. The molecule has 0 spiro atoms. The van der Waals surface area contributed by atoms with Crippen molar-refractivity contribution in [1.29, 1.82) is 0 Å². The van der Waals surface area contributed by atoms with Gasteiger partial charge in [0.15, 0.2) is 11.5 Å². The van der Waals surface area contributed by atoms with Crippen LogP contribution < -0.4 is 14.8 Å². The smallest absolute Gasteiger partial charge is 0.255 e. The van der Waals surface area contributed by atoms with E-state index in [2.05, 4.69) is 5.32 Å². The summed E-state index contributed by atoms with van der Waals surface area (Å²) in [5.41, 5.74) is 0.387. The van der Waals surface area contributed by atoms with Gasteiger partial charge in [-0.3, -0.25) is 9.59 Å². The number of methoxy groups -OCH3 is 2. The van der Waals surface area contributed by atoms with Crippen LogP contribution in [0.1, 0.15) is 35.9 Å². The highest BCUT2D eigenvalue weighted by atomic mass is 16.5. The Morgan fingerprint density at radius 2 is 2.03 bits per heavy atom. The molecule has 2 aromatic rings. The van der Waals surface area contributed by atoms with Crippen LogP contribution in [0.4, 0.5) is 0 Å². The first kappa shape index (κ1) is 21.7. The van der Waals surface area contributed by atoms with Gasteiger partial charge in [-0.15, -0.1) is 0 Å². The molecule has 8 heteroatoms. The van der Waals surface area contributed by atoms with Crippen molar-refractivity contribution in [2.45, 2.75) is 38.5 Å². The van der Waals surface area contributed by atoms with Crippen LogP contribution in [0.5, 0.6) is 11.5 Å². The number of rotatable bonds is 9. The highest BCUT2D eigenvalue weighted by molar-refractivity contribution is 5.98. The van der Waals surface area contributed by atoms with Crippen LogP contribution in [-0.4, -0.2) is 56.2 Å². The summed E-state index contributed by atoms with van der Waals surface area (Å²) in [6.45, 7) is 3.02. The summed E-state index contributed by atoms with van der Waals surface area (Å²) < 4.78 is 21.5. The lowest BCUT2D eigenvalue weighted by molar-refractivity contribution is -0.125. The standard InChI is InChI=1S/C22H28N2O6/c1-15(21(25)23-13-17-6-4-10-29-17)24(14-18-7-5-11-30-18)22(26)16-8-9-19(27-2)20(12-16)28-3/h5,7-9,11-12,15,17H,4,6,10,13-14H2,1-3H3,(H,23,25). The molecule has 0 aliphatic carbocycles. The zero-order chi connectivity index (χ0) is 21.5. The maximum atomic E-state index is 13.3. The zero-order valence-corrected chi connectivity index (χ0v) is 17.6. The number of nitrogens with one attached hydrogen (secondary N) is 1. The Kier molecular flexibility index (Phi) is 7.35. The Bertz CT molecular complexity index is 845. The molecule has 1 aliphatic rings. The van der Waals surface area contributed by atoms with E-state index in [4.69, 9.17) is 18.6 Å². The van der Waals surface area contributed by atoms with Crippen LogP contribution >= 0.6 is 0 Å². The molecule has 2 atom stereocenters. The van der Waals surface area contributed by atoms with Gasteiger partial charge in [-0.1, -0.05) is 0 Å². The molecule has 162 valence electrons. The van der Waals surface area contributed by atoms with Crippen LogP contribution in [0.25, 0.3) is 0 Å². The van der Waals surface area contributed by atoms with Gasteiger partial charge in [-0.25, -0.2) is 0 Å². The number of furan rings is 1. The lowest BCUT2D eigenvalue weighted by Gasteiger charge is -2.28. The lowest BCUT2D eigenvalue weighted by Crippen LogP contribution is -2.48. The number of nitrogens with zero attached hydrogens (tertiary/aromatic N) is 1. The van der Waals surface area contributed by atoms with Gasteiger partial charge < -0.3 is 28.8 Å². The van der Waals surface area contributed by atoms with Gasteiger partial charge in [0.2, 0.25) is 5.91 Å². The largest absolute Gasteiger partial charge is 0.493 e. The van der Waals surface area contributed by atoms with Crippen molar-refractivity contribution in [2.75, 3.05) is 27.4 Å². The molecule has 1 saturated heterocycles. The first-order chi connectivity index (χ1) is 14.5. The molecule has 3 rings (SSSR count). The van der Waals surface area contributed by atoms with Crippen molar-refractivity contribution in [3.05, 3.63) is 47.9 Å². The summed E-state index contributed by atoms with van der Waals surface area (Å²) in [5.74, 6) is 0.992. The van der Waals surface area contributed by atoms with Crippen molar-refractivity contribution in [2.24, 2.45) is 0 Å². The molecule has 1 aliphatic heterocycles. The van der Waals surface area contributed by atoms with Crippen molar-refractivity contribution in [1.82, 2.24) is 10.2 Å². The maximum absolute atomic E-state index is 13.3. The number of carbonyl (C=O) groups is 2. The van der Waals surface area contributed by atoms with Crippen LogP contribution in [0.15, 0.2) is 41.0 Å². The third kappa shape index (κ3) is 5.13. The van der Waals surface area contributed by atoms with Crippen molar-refractivity contribution < 1.29 is 28.2 Å². The third-order valence-electron chi connectivity index (χ3n) is 5.17. The van der Waals surface area contributed by atoms with Crippen molar-refractivity contribution >= 4 is 11.8 Å². The summed E-state index contributed by atoms with van der Waals surface area (Å²) >= 11 is 0. The Balaban J connectivity index is 1.78. The van der Waals surface area contributed by atoms with Gasteiger partial charge in [-0.05, 0) is 50.1 Å². The van der Waals surface area contributed by atoms with Crippen LogP contribution in [0.2, 0.25) is 0 Å². The van der Waals surface area contributed by atoms with Gasteiger partial charge in [0.25, 0.3) is 5.91 Å². The zero-order valence-electron chi connectivity index (χ0n) is 17.6. The molecule has 30 heavy (non-hydrogen) atoms. The minimum atomic E-state index is -0.711. The first-order valence-electron chi connectivity index (χ1n) is 9.98. The molecule has 0 saturated carbocycles. The van der Waals surface area contributed by atoms with E-state index in [1.807, 2.05) is 0 Å². The Labute approximate surface area is 176 Å². The summed E-state index contributed by atoms with van der Waals surface area (Å²) in [5, 5.41) is 2.90. The predicted molar refractivity (Wildman–Crippen MR) is 110 cm³/mol. The third-order valence-corrected chi connectivity index (χ3v) is 5.17. The average molecular weight is 416 g/mol. The predicted octanol–water partition coefficient (Wildman–Crippen LogP) is 2.62. The Morgan fingerprint density at radius 1 is 1.23 bits per heavy atom. The minimum absolute atomic E-state index is 0.0289. The van der Waals surface area contributed by atoms with Gasteiger partial charge in [0.1, 0.15) is 11.8 Å². The van der Waals surface area contributed by atoms with Gasteiger partial charge >= 0.3 is 0 Å². The van der Waals surface area contributed by atoms with Gasteiger partial charge in [-0.2, -0.15) is 0 Å². The van der Waals surface area contributed by atoms with E-state index in [0.717, 1.165) is 19.4 Å². The molecule has 0 radical (unpaired) electrons. The second kappa shape index (κ2) is 10.2. The molecule has 2 amide bonds. The highest BCUT2D eigenvalue weighted by Crippen LogP contribution is 2.28. The fourth-order valence-electron chi connectivity index (χ4n) is 3.40. The second-order valence-corrected chi connectivity index (χ2v) is 7.14. The quantitative estimate of drug-likeness (QED) is 0.676. The topological polar surface area (TPSA) is 90.2 Å². The van der Waals surface area contributed by atoms with Crippen molar-refractivity contribution in [3.63, 3.8) is 0 Å². The Morgan fingerprint density at radius 3 is 2.67 bits per heavy atom. The Hall–Kier alpha value is -3.00. The van der Waals surface area contributed by atoms with E-state index >= 15 is 0 Å². The summed E-state index contributed by atoms with van der Waals surface area (Å²) in [6, 6.07) is 7.72. The molecule has 1 aromatic carbocycles. The van der Waals surface area contributed by atoms with E-state index < -0.39 is 6.04 Å². The second-order valence-electron chi connectivity index (χ2n) is 7.14. The molecule has 2 unspecified atom stereocenters. The number of hydrogen-bond donors (Lipinski definition) is 1. The SMILES string of the molecule is COc1ccc(C(=O)N(Cc2ccco2)C(C)C(=O)NCC2CCCO2)cc1OC. The molecule has 2 heterocycles. The number of benzene rings is 1.